The number of carbonyl (C=O) groups is 3. The Morgan fingerprint density at radius 3 is 2.13 bits per heavy atom. The van der Waals surface area contributed by atoms with Gasteiger partial charge in [0.1, 0.15) is 30.0 Å². The number of hydrogen-bond donors (Lipinski definition) is 2. The van der Waals surface area contributed by atoms with Crippen molar-refractivity contribution in [3.8, 4) is 16.9 Å². The molecule has 8 nitrogen and oxygen atoms in total. The van der Waals surface area contributed by atoms with Gasteiger partial charge in [-0.25, -0.2) is 9.59 Å². The maximum absolute atomic E-state index is 13.7. The molecule has 2 atom stereocenters. The normalized spacial score (nSPS) is 15.0. The molecule has 0 aliphatic carbocycles. The molecule has 1 aliphatic rings. The Kier molecular flexibility index (Phi) is 9.52. The smallest absolute Gasteiger partial charge is 0.411 e. The van der Waals surface area contributed by atoms with E-state index >= 15 is 0 Å². The minimum atomic E-state index is -1.18. The van der Waals surface area contributed by atoms with E-state index in [1.165, 1.54) is 4.90 Å². The molecular formula is C37H38N2O6. The van der Waals surface area contributed by atoms with E-state index in [1.807, 2.05) is 103 Å². The van der Waals surface area contributed by atoms with E-state index in [0.29, 0.717) is 12.4 Å². The van der Waals surface area contributed by atoms with Crippen LogP contribution >= 0.6 is 0 Å². The van der Waals surface area contributed by atoms with Gasteiger partial charge in [0.05, 0.1) is 6.54 Å². The number of nitrogens with zero attached hydrogens (tertiary/aromatic N) is 1. The minimum absolute atomic E-state index is 0.0913. The van der Waals surface area contributed by atoms with Gasteiger partial charge in [0.25, 0.3) is 0 Å². The van der Waals surface area contributed by atoms with Crippen LogP contribution in [0.25, 0.3) is 11.1 Å². The molecule has 45 heavy (non-hydrogen) atoms. The molecule has 2 amide bonds. The lowest BCUT2D eigenvalue weighted by Gasteiger charge is -2.37. The second-order valence-corrected chi connectivity index (χ2v) is 12.2. The number of amides is 2. The van der Waals surface area contributed by atoms with Crippen molar-refractivity contribution in [1.82, 2.24) is 10.2 Å². The Bertz CT molecular complexity index is 1630. The highest BCUT2D eigenvalue weighted by Crippen LogP contribution is 2.29. The highest BCUT2D eigenvalue weighted by molar-refractivity contribution is 5.90. The van der Waals surface area contributed by atoms with Crippen LogP contribution < -0.4 is 10.1 Å². The van der Waals surface area contributed by atoms with E-state index in [2.05, 4.69) is 5.32 Å². The van der Waals surface area contributed by atoms with Crippen LogP contribution in [0.3, 0.4) is 0 Å². The zero-order chi connectivity index (χ0) is 32.0. The molecule has 0 aromatic heterocycles. The molecule has 4 aromatic rings. The second-order valence-electron chi connectivity index (χ2n) is 12.2. The fourth-order valence-electron chi connectivity index (χ4n) is 5.31. The van der Waals surface area contributed by atoms with Crippen LogP contribution in [0, 0.1) is 0 Å². The molecule has 8 heteroatoms. The molecule has 0 radical (unpaired) electrons. The van der Waals surface area contributed by atoms with Gasteiger partial charge in [0, 0.05) is 12.8 Å². The first kappa shape index (κ1) is 31.3. The maximum Gasteiger partial charge on any atom is 0.411 e. The zero-order valence-electron chi connectivity index (χ0n) is 25.7. The zero-order valence-corrected chi connectivity index (χ0v) is 25.7. The van der Waals surface area contributed by atoms with Crippen molar-refractivity contribution < 1.29 is 29.0 Å². The molecule has 0 fully saturated rings. The summed E-state index contributed by atoms with van der Waals surface area (Å²) < 4.78 is 11.7. The lowest BCUT2D eigenvalue weighted by Crippen LogP contribution is -2.56. The van der Waals surface area contributed by atoms with Crippen LogP contribution in [0.4, 0.5) is 4.79 Å². The Labute approximate surface area is 263 Å². The number of rotatable bonds is 9. The van der Waals surface area contributed by atoms with Crippen LogP contribution in [-0.4, -0.2) is 45.7 Å². The maximum atomic E-state index is 13.7. The van der Waals surface area contributed by atoms with Crippen LogP contribution in [0.5, 0.6) is 5.75 Å². The number of benzene rings is 4. The minimum Gasteiger partial charge on any atom is -0.489 e. The highest BCUT2D eigenvalue weighted by atomic mass is 16.6. The average Bonchev–Trinajstić information content (AvgIpc) is 3.03. The first-order valence-corrected chi connectivity index (χ1v) is 15.0. The predicted molar refractivity (Wildman–Crippen MR) is 172 cm³/mol. The monoisotopic (exact) mass is 606 g/mol. The Balaban J connectivity index is 1.32. The SMILES string of the molecule is CC(C)(C)OC(=O)N1Cc2cc(OCc3ccccc3)ccc2C[C@@H]1C(=O)N[C@H](Cc1ccc(-c2ccccc2)cc1)C(=O)O. The molecule has 1 aliphatic heterocycles. The summed E-state index contributed by atoms with van der Waals surface area (Å²) in [4.78, 5) is 40.7. The number of carboxylic acid groups (broad SMARTS) is 1. The Hall–Kier alpha value is -5.11. The number of fused-ring (bicyclic) bond motifs is 1. The fraction of sp³-hybridized carbons (Fsp3) is 0.270. The van der Waals surface area contributed by atoms with Gasteiger partial charge < -0.3 is 19.9 Å². The summed E-state index contributed by atoms with van der Waals surface area (Å²) in [7, 11) is 0. The number of aliphatic carboxylic acids is 1. The van der Waals surface area contributed by atoms with E-state index in [9.17, 15) is 19.5 Å². The van der Waals surface area contributed by atoms with Gasteiger partial charge in [-0.3, -0.25) is 9.69 Å². The van der Waals surface area contributed by atoms with Crippen LogP contribution in [0.1, 0.15) is 43.0 Å². The molecule has 2 N–H and O–H groups in total. The van der Waals surface area contributed by atoms with Crippen molar-refractivity contribution in [2.75, 3.05) is 0 Å². The van der Waals surface area contributed by atoms with Gasteiger partial charge in [0.2, 0.25) is 5.91 Å². The summed E-state index contributed by atoms with van der Waals surface area (Å²) in [6.07, 6.45) is -0.349. The molecule has 0 saturated heterocycles. The van der Waals surface area contributed by atoms with E-state index < -0.39 is 35.7 Å². The highest BCUT2D eigenvalue weighted by Gasteiger charge is 2.38. The Morgan fingerprint density at radius 1 is 0.844 bits per heavy atom. The first-order valence-electron chi connectivity index (χ1n) is 15.0. The van der Waals surface area contributed by atoms with Gasteiger partial charge in [-0.15, -0.1) is 0 Å². The van der Waals surface area contributed by atoms with Crippen molar-refractivity contribution in [2.45, 2.75) is 64.4 Å². The lowest BCUT2D eigenvalue weighted by molar-refractivity contribution is -0.142. The third-order valence-electron chi connectivity index (χ3n) is 7.60. The van der Waals surface area contributed by atoms with Crippen molar-refractivity contribution >= 4 is 18.0 Å². The number of carboxylic acids is 1. The molecule has 5 rings (SSSR count). The Morgan fingerprint density at radius 2 is 1.49 bits per heavy atom. The average molecular weight is 607 g/mol. The van der Waals surface area contributed by atoms with Gasteiger partial charge in [-0.1, -0.05) is 91.0 Å². The summed E-state index contributed by atoms with van der Waals surface area (Å²) in [5.74, 6) is -1.06. The molecular weight excluding hydrogens is 568 g/mol. The van der Waals surface area contributed by atoms with Crippen molar-refractivity contribution in [3.05, 3.63) is 125 Å². The van der Waals surface area contributed by atoms with E-state index in [-0.39, 0.29) is 19.4 Å². The molecule has 4 aromatic carbocycles. The topological polar surface area (TPSA) is 105 Å². The molecule has 0 saturated carbocycles. The predicted octanol–water partition coefficient (Wildman–Crippen LogP) is 6.41. The largest absolute Gasteiger partial charge is 0.489 e. The van der Waals surface area contributed by atoms with Gasteiger partial charge in [0.15, 0.2) is 0 Å². The van der Waals surface area contributed by atoms with Crippen LogP contribution in [0.15, 0.2) is 103 Å². The molecule has 0 spiro atoms. The van der Waals surface area contributed by atoms with Crippen molar-refractivity contribution in [1.29, 1.82) is 0 Å². The van der Waals surface area contributed by atoms with Crippen LogP contribution in [0.2, 0.25) is 0 Å². The summed E-state index contributed by atoms with van der Waals surface area (Å²) in [5.41, 5.74) is 4.80. The van der Waals surface area contributed by atoms with Crippen molar-refractivity contribution in [3.63, 3.8) is 0 Å². The second kappa shape index (κ2) is 13.7. The molecule has 0 bridgehead atoms. The lowest BCUT2D eigenvalue weighted by atomic mass is 9.93. The number of ether oxygens (including phenoxy) is 2. The summed E-state index contributed by atoms with van der Waals surface area (Å²) in [6.45, 7) is 5.79. The van der Waals surface area contributed by atoms with Crippen molar-refractivity contribution in [2.24, 2.45) is 0 Å². The van der Waals surface area contributed by atoms with Gasteiger partial charge in [-0.2, -0.15) is 0 Å². The summed E-state index contributed by atoms with van der Waals surface area (Å²) >= 11 is 0. The van der Waals surface area contributed by atoms with E-state index in [4.69, 9.17) is 9.47 Å². The molecule has 232 valence electrons. The third kappa shape index (κ3) is 8.29. The first-order chi connectivity index (χ1) is 21.6. The fourth-order valence-corrected chi connectivity index (χ4v) is 5.31. The number of nitrogens with one attached hydrogen (secondary N) is 1. The molecule has 1 heterocycles. The van der Waals surface area contributed by atoms with Gasteiger partial charge in [-0.05, 0) is 66.3 Å². The third-order valence-corrected chi connectivity index (χ3v) is 7.60. The van der Waals surface area contributed by atoms with Crippen LogP contribution in [-0.2, 0) is 40.3 Å². The summed E-state index contributed by atoms with van der Waals surface area (Å²) in [6, 6.07) is 30.8. The van der Waals surface area contributed by atoms with E-state index in [1.54, 1.807) is 20.8 Å². The molecule has 0 unspecified atom stereocenters. The standard InChI is InChI=1S/C37H38N2O6/c1-37(2,3)45-36(43)39-23-30-21-31(44-24-26-10-6-4-7-11-26)19-18-29(30)22-33(39)34(40)38-32(35(41)42)20-25-14-16-28(17-15-25)27-12-8-5-9-13-27/h4-19,21,32-33H,20,22-24H2,1-3H3,(H,38,40)(H,41,42)/t32-,33-/m1/s1. The van der Waals surface area contributed by atoms with Gasteiger partial charge >= 0.3 is 12.1 Å². The number of carbonyl (C=O) groups excluding carboxylic acids is 2. The number of hydrogen-bond acceptors (Lipinski definition) is 5. The quantitative estimate of drug-likeness (QED) is 0.228. The van der Waals surface area contributed by atoms with E-state index in [0.717, 1.165) is 33.4 Å². The summed E-state index contributed by atoms with van der Waals surface area (Å²) in [5, 5.41) is 12.7.